The topological polar surface area (TPSA) is 55.7 Å². The van der Waals surface area contributed by atoms with E-state index in [9.17, 15) is 0 Å². The van der Waals surface area contributed by atoms with Crippen molar-refractivity contribution in [3.05, 3.63) is 200 Å². The molecule has 2 aliphatic heterocycles. The molecule has 0 aliphatic carbocycles. The smallest absolute Gasteiger partial charge is 0.182 e. The first kappa shape index (κ1) is 32.5. The van der Waals surface area contributed by atoms with E-state index in [1.807, 2.05) is 95.7 Å². The molecule has 0 radical (unpaired) electrons. The minimum absolute atomic E-state index is 0.653. The molecule has 0 saturated carbocycles. The Kier molecular flexibility index (Phi) is 7.67. The lowest BCUT2D eigenvalue weighted by Gasteiger charge is -2.32. The van der Waals surface area contributed by atoms with E-state index >= 15 is 0 Å². The van der Waals surface area contributed by atoms with Gasteiger partial charge in [0.25, 0.3) is 0 Å². The number of rotatable bonds is 6. The van der Waals surface area contributed by atoms with Crippen LogP contribution in [0.5, 0.6) is 23.0 Å². The fraction of sp³-hybridized carbons (Fsp3) is 0. The van der Waals surface area contributed by atoms with E-state index in [0.717, 1.165) is 90.9 Å². The molecule has 0 fully saturated rings. The highest BCUT2D eigenvalue weighted by molar-refractivity contribution is 5.88. The van der Waals surface area contributed by atoms with Crippen molar-refractivity contribution in [1.82, 2.24) is 14.8 Å². The summed E-state index contributed by atoms with van der Waals surface area (Å²) in [4.78, 5) is 9.64. The average Bonchev–Trinajstić information content (AvgIpc) is 3.74. The molecule has 2 aliphatic rings. The molecule has 0 atom stereocenters. The molecule has 270 valence electrons. The lowest BCUT2D eigenvalue weighted by molar-refractivity contribution is 0.477. The summed E-state index contributed by atoms with van der Waals surface area (Å²) in [6.07, 6.45) is 0. The zero-order valence-corrected chi connectivity index (χ0v) is 30.6. The number of fused-ring (bicyclic) bond motifs is 4. The summed E-state index contributed by atoms with van der Waals surface area (Å²) in [5.41, 5.74) is 11.2. The zero-order valence-electron chi connectivity index (χ0n) is 30.6. The van der Waals surface area contributed by atoms with Crippen molar-refractivity contribution in [2.75, 3.05) is 9.80 Å². The van der Waals surface area contributed by atoms with E-state index in [4.69, 9.17) is 19.6 Å². The second-order valence-corrected chi connectivity index (χ2v) is 13.9. The molecule has 11 rings (SSSR count). The van der Waals surface area contributed by atoms with E-state index in [0.29, 0.717) is 5.82 Å². The predicted molar refractivity (Wildman–Crippen MR) is 227 cm³/mol. The standard InChI is InChI=1S/C50H33N5O2/c1-2-12-40(13-3-1)55-50(37-28-32-39(33-29-37)54-43-16-6-10-20-47(43)57-48-21-11-7-17-44(48)54)51-49(52-55)36-24-22-34(23-25-36)35-26-30-38(31-27-35)53-41-14-4-8-18-45(41)56-46-19-9-5-15-42(46)53/h1-33H. The van der Waals surface area contributed by atoms with Crippen LogP contribution in [0.2, 0.25) is 0 Å². The molecule has 7 nitrogen and oxygen atoms in total. The number of ether oxygens (including phenoxy) is 2. The molecule has 0 amide bonds. The van der Waals surface area contributed by atoms with Crippen LogP contribution >= 0.6 is 0 Å². The molecule has 9 aromatic rings. The van der Waals surface area contributed by atoms with Crippen molar-refractivity contribution in [2.45, 2.75) is 0 Å². The predicted octanol–water partition coefficient (Wildman–Crippen LogP) is 13.4. The van der Waals surface area contributed by atoms with E-state index in [2.05, 4.69) is 119 Å². The Morgan fingerprint density at radius 3 is 1.14 bits per heavy atom. The summed E-state index contributed by atoms with van der Waals surface area (Å²) >= 11 is 0. The van der Waals surface area contributed by atoms with E-state index in [1.165, 1.54) is 0 Å². The van der Waals surface area contributed by atoms with Crippen LogP contribution in [0, 0.1) is 0 Å². The normalized spacial score (nSPS) is 12.4. The number of nitrogens with zero attached hydrogens (tertiary/aromatic N) is 5. The maximum absolute atomic E-state index is 6.24. The summed E-state index contributed by atoms with van der Waals surface area (Å²) in [6.45, 7) is 0. The number of hydrogen-bond donors (Lipinski definition) is 0. The molecule has 3 heterocycles. The molecular formula is C50H33N5O2. The Balaban J connectivity index is 0.905. The first-order valence-corrected chi connectivity index (χ1v) is 18.9. The minimum Gasteiger partial charge on any atom is -0.453 e. The molecule has 0 N–H and O–H groups in total. The summed E-state index contributed by atoms with van der Waals surface area (Å²) in [7, 11) is 0. The highest BCUT2D eigenvalue weighted by Crippen LogP contribution is 2.51. The van der Waals surface area contributed by atoms with Crippen molar-refractivity contribution in [3.8, 4) is 62.6 Å². The first-order chi connectivity index (χ1) is 28.2. The van der Waals surface area contributed by atoms with Gasteiger partial charge in [-0.1, -0.05) is 103 Å². The van der Waals surface area contributed by atoms with E-state index in [1.54, 1.807) is 0 Å². The van der Waals surface area contributed by atoms with Crippen LogP contribution in [0.25, 0.3) is 39.6 Å². The minimum atomic E-state index is 0.653. The SMILES string of the molecule is c1ccc(-n2nc(-c3ccc(-c4ccc(N5c6ccccc6Oc6ccccc65)cc4)cc3)nc2-c2ccc(N3c4ccccc4Oc4ccccc43)cc2)cc1. The number of anilines is 6. The van der Waals surface area contributed by atoms with Gasteiger partial charge in [-0.15, -0.1) is 5.10 Å². The molecule has 57 heavy (non-hydrogen) atoms. The van der Waals surface area contributed by atoms with Crippen LogP contribution in [0.1, 0.15) is 0 Å². The molecule has 0 unspecified atom stereocenters. The van der Waals surface area contributed by atoms with Crippen LogP contribution < -0.4 is 19.3 Å². The first-order valence-electron chi connectivity index (χ1n) is 18.9. The van der Waals surface area contributed by atoms with Gasteiger partial charge in [0.05, 0.1) is 28.4 Å². The van der Waals surface area contributed by atoms with Crippen LogP contribution in [-0.4, -0.2) is 14.8 Å². The van der Waals surface area contributed by atoms with Gasteiger partial charge in [-0.2, -0.15) is 0 Å². The van der Waals surface area contributed by atoms with Crippen molar-refractivity contribution < 1.29 is 9.47 Å². The number of hydrogen-bond acceptors (Lipinski definition) is 6. The van der Waals surface area contributed by atoms with Crippen molar-refractivity contribution in [2.24, 2.45) is 0 Å². The summed E-state index contributed by atoms with van der Waals surface area (Å²) in [5.74, 6) is 4.73. The Morgan fingerprint density at radius 2 is 0.684 bits per heavy atom. The van der Waals surface area contributed by atoms with Crippen LogP contribution in [0.15, 0.2) is 200 Å². The van der Waals surface area contributed by atoms with Gasteiger partial charge in [0, 0.05) is 22.5 Å². The van der Waals surface area contributed by atoms with Crippen molar-refractivity contribution >= 4 is 34.1 Å². The van der Waals surface area contributed by atoms with Gasteiger partial charge >= 0.3 is 0 Å². The van der Waals surface area contributed by atoms with Crippen LogP contribution in [-0.2, 0) is 0 Å². The molecule has 8 aromatic carbocycles. The van der Waals surface area contributed by atoms with E-state index in [-0.39, 0.29) is 0 Å². The van der Waals surface area contributed by atoms with Gasteiger partial charge in [0.15, 0.2) is 34.6 Å². The van der Waals surface area contributed by atoms with Crippen LogP contribution in [0.3, 0.4) is 0 Å². The molecule has 0 spiro atoms. The fourth-order valence-electron chi connectivity index (χ4n) is 7.71. The lowest BCUT2D eigenvalue weighted by Crippen LogP contribution is -2.15. The highest BCUT2D eigenvalue weighted by atomic mass is 16.5. The Hall–Kier alpha value is -7.90. The lowest BCUT2D eigenvalue weighted by atomic mass is 10.0. The summed E-state index contributed by atoms with van der Waals surface area (Å²) < 4.78 is 14.4. The summed E-state index contributed by atoms with van der Waals surface area (Å²) in [5, 5.41) is 5.06. The third-order valence-electron chi connectivity index (χ3n) is 10.5. The fourth-order valence-corrected chi connectivity index (χ4v) is 7.71. The number of para-hydroxylation sites is 9. The van der Waals surface area contributed by atoms with Crippen molar-refractivity contribution in [1.29, 1.82) is 0 Å². The monoisotopic (exact) mass is 735 g/mol. The molecular weight excluding hydrogens is 703 g/mol. The third kappa shape index (κ3) is 5.68. The quantitative estimate of drug-likeness (QED) is 0.169. The molecule has 1 aromatic heterocycles. The Morgan fingerprint density at radius 1 is 0.316 bits per heavy atom. The number of aromatic nitrogens is 3. The Bertz CT molecular complexity index is 2810. The zero-order chi connectivity index (χ0) is 37.7. The van der Waals surface area contributed by atoms with Gasteiger partial charge in [-0.05, 0) is 108 Å². The van der Waals surface area contributed by atoms with Gasteiger partial charge < -0.3 is 19.3 Å². The van der Waals surface area contributed by atoms with Gasteiger partial charge in [-0.3, -0.25) is 0 Å². The molecule has 7 heteroatoms. The summed E-state index contributed by atoms with van der Waals surface area (Å²) in [6, 6.07) is 68.3. The largest absolute Gasteiger partial charge is 0.453 e. The maximum Gasteiger partial charge on any atom is 0.182 e. The second-order valence-electron chi connectivity index (χ2n) is 13.9. The maximum atomic E-state index is 6.24. The Labute approximate surface area is 329 Å². The average molecular weight is 736 g/mol. The van der Waals surface area contributed by atoms with Gasteiger partial charge in [0.2, 0.25) is 0 Å². The van der Waals surface area contributed by atoms with Gasteiger partial charge in [0.1, 0.15) is 0 Å². The van der Waals surface area contributed by atoms with Crippen LogP contribution in [0.4, 0.5) is 34.1 Å². The molecule has 0 saturated heterocycles. The molecule has 0 bridgehead atoms. The van der Waals surface area contributed by atoms with E-state index < -0.39 is 0 Å². The second kappa shape index (κ2) is 13.4. The number of benzene rings is 8. The van der Waals surface area contributed by atoms with Gasteiger partial charge in [-0.25, -0.2) is 9.67 Å². The third-order valence-corrected chi connectivity index (χ3v) is 10.5. The van der Waals surface area contributed by atoms with Crippen molar-refractivity contribution in [3.63, 3.8) is 0 Å². The highest BCUT2D eigenvalue weighted by Gasteiger charge is 2.27.